The Bertz CT molecular complexity index is 1610. The summed E-state index contributed by atoms with van der Waals surface area (Å²) >= 11 is 0. The van der Waals surface area contributed by atoms with Gasteiger partial charge in [-0.15, -0.1) is 0 Å². The number of rotatable bonds is 13. The molecule has 2 heterocycles. The highest BCUT2D eigenvalue weighted by molar-refractivity contribution is 5.93. The van der Waals surface area contributed by atoms with Gasteiger partial charge in [0.15, 0.2) is 0 Å². The SMILES string of the molecule is CCCCCOc1ccc(C2=C/C(=C/C=C3\C=C(c4ccc(OCCCCC)cc4)Oc4ccccc43)c3ccccc3O2)cc1. The molecule has 0 N–H and O–H groups in total. The highest BCUT2D eigenvalue weighted by Crippen LogP contribution is 2.40. The summed E-state index contributed by atoms with van der Waals surface area (Å²) in [6.07, 6.45) is 15.4. The van der Waals surface area contributed by atoms with Gasteiger partial charge >= 0.3 is 0 Å². The van der Waals surface area contributed by atoms with Gasteiger partial charge in [-0.3, -0.25) is 0 Å². The van der Waals surface area contributed by atoms with Gasteiger partial charge in [-0.1, -0.05) is 88.1 Å². The van der Waals surface area contributed by atoms with Crippen molar-refractivity contribution in [3.05, 3.63) is 144 Å². The van der Waals surface area contributed by atoms with Crippen molar-refractivity contribution in [2.24, 2.45) is 0 Å². The second kappa shape index (κ2) is 15.4. The summed E-state index contributed by atoms with van der Waals surface area (Å²) in [4.78, 5) is 0. The number of ether oxygens (including phenoxy) is 4. The fraction of sp³-hybridized carbons (Fsp3) is 0.238. The van der Waals surface area contributed by atoms with Crippen molar-refractivity contribution in [2.45, 2.75) is 52.4 Å². The molecule has 4 aromatic rings. The molecule has 234 valence electrons. The Balaban J connectivity index is 1.28. The van der Waals surface area contributed by atoms with Gasteiger partial charge in [-0.2, -0.15) is 0 Å². The Morgan fingerprint density at radius 3 is 1.33 bits per heavy atom. The zero-order valence-electron chi connectivity index (χ0n) is 26.8. The molecule has 0 saturated carbocycles. The molecule has 0 saturated heterocycles. The van der Waals surface area contributed by atoms with E-state index in [4.69, 9.17) is 18.9 Å². The van der Waals surface area contributed by atoms with Crippen LogP contribution in [0.3, 0.4) is 0 Å². The summed E-state index contributed by atoms with van der Waals surface area (Å²) in [5.41, 5.74) is 6.27. The van der Waals surface area contributed by atoms with Gasteiger partial charge < -0.3 is 18.9 Å². The molecule has 2 aliphatic rings. The second-order valence-corrected chi connectivity index (χ2v) is 11.6. The van der Waals surface area contributed by atoms with Crippen molar-refractivity contribution in [3.8, 4) is 23.0 Å². The predicted octanol–water partition coefficient (Wildman–Crippen LogP) is 11.2. The first kappa shape index (κ1) is 31.0. The van der Waals surface area contributed by atoms with Crippen molar-refractivity contribution >= 4 is 22.7 Å². The zero-order valence-corrected chi connectivity index (χ0v) is 26.8. The predicted molar refractivity (Wildman–Crippen MR) is 189 cm³/mol. The Kier molecular flexibility index (Phi) is 10.4. The van der Waals surface area contributed by atoms with E-state index in [-0.39, 0.29) is 0 Å². The molecule has 46 heavy (non-hydrogen) atoms. The van der Waals surface area contributed by atoms with Crippen LogP contribution in [0.1, 0.15) is 74.6 Å². The van der Waals surface area contributed by atoms with Crippen molar-refractivity contribution in [2.75, 3.05) is 13.2 Å². The van der Waals surface area contributed by atoms with Crippen molar-refractivity contribution in [1.29, 1.82) is 0 Å². The summed E-state index contributed by atoms with van der Waals surface area (Å²) in [5, 5.41) is 0. The van der Waals surface area contributed by atoms with E-state index in [2.05, 4.69) is 74.5 Å². The van der Waals surface area contributed by atoms with E-state index in [0.717, 1.165) is 94.0 Å². The first-order valence-corrected chi connectivity index (χ1v) is 16.6. The van der Waals surface area contributed by atoms with Crippen LogP contribution in [0.4, 0.5) is 0 Å². The molecule has 0 radical (unpaired) electrons. The summed E-state index contributed by atoms with van der Waals surface area (Å²) in [6, 6.07) is 32.7. The molecule has 2 aliphatic heterocycles. The molecular formula is C42H42O4. The highest BCUT2D eigenvalue weighted by Gasteiger charge is 2.20. The van der Waals surface area contributed by atoms with Crippen molar-refractivity contribution in [3.63, 3.8) is 0 Å². The minimum absolute atomic E-state index is 0.741. The maximum absolute atomic E-state index is 6.39. The van der Waals surface area contributed by atoms with Gasteiger partial charge in [-0.25, -0.2) is 0 Å². The summed E-state index contributed by atoms with van der Waals surface area (Å²) in [6.45, 7) is 5.88. The lowest BCUT2D eigenvalue weighted by atomic mass is 9.96. The van der Waals surface area contributed by atoms with Gasteiger partial charge in [0.25, 0.3) is 0 Å². The molecule has 0 atom stereocenters. The van der Waals surface area contributed by atoms with E-state index in [0.29, 0.717) is 0 Å². The highest BCUT2D eigenvalue weighted by atomic mass is 16.5. The van der Waals surface area contributed by atoms with Crippen molar-refractivity contribution in [1.82, 2.24) is 0 Å². The van der Waals surface area contributed by atoms with E-state index >= 15 is 0 Å². The third kappa shape index (κ3) is 7.63. The number of para-hydroxylation sites is 2. The fourth-order valence-corrected chi connectivity index (χ4v) is 5.58. The van der Waals surface area contributed by atoms with Crippen molar-refractivity contribution < 1.29 is 18.9 Å². The minimum Gasteiger partial charge on any atom is -0.494 e. The number of fused-ring (bicyclic) bond motifs is 2. The molecule has 4 heteroatoms. The van der Waals surface area contributed by atoms with Crippen LogP contribution in [-0.2, 0) is 0 Å². The molecule has 0 amide bonds. The van der Waals surface area contributed by atoms with Crippen LogP contribution in [0.5, 0.6) is 23.0 Å². The molecule has 0 unspecified atom stereocenters. The largest absolute Gasteiger partial charge is 0.494 e. The Hall–Kier alpha value is -4.96. The lowest BCUT2D eigenvalue weighted by molar-refractivity contribution is 0.306. The smallest absolute Gasteiger partial charge is 0.135 e. The molecular weight excluding hydrogens is 568 g/mol. The average Bonchev–Trinajstić information content (AvgIpc) is 3.11. The maximum atomic E-state index is 6.39. The first-order valence-electron chi connectivity index (χ1n) is 16.6. The lowest BCUT2D eigenvalue weighted by Crippen LogP contribution is -2.04. The minimum atomic E-state index is 0.741. The van der Waals surface area contributed by atoms with Crippen LogP contribution in [0.25, 0.3) is 22.7 Å². The number of benzene rings is 4. The van der Waals surface area contributed by atoms with Gasteiger partial charge in [0.2, 0.25) is 0 Å². The standard InChI is InChI=1S/C42H42O4/c1-3-5-11-27-43-35-23-19-31(20-24-35)41-29-33(37-13-7-9-15-39(37)45-41)17-18-34-30-42(46-40-16-10-8-14-38(34)40)32-21-25-36(26-22-32)44-28-12-6-4-2/h7-10,13-26,29-30H,3-6,11-12,27-28H2,1-2H3/b33-17-,34-18+. The van der Waals surface area contributed by atoms with E-state index in [1.165, 1.54) is 25.7 Å². The molecule has 0 aromatic heterocycles. The number of unbranched alkanes of at least 4 members (excludes halogenated alkanes) is 4. The zero-order chi connectivity index (χ0) is 31.6. The van der Waals surface area contributed by atoms with Gasteiger partial charge in [0, 0.05) is 22.3 Å². The second-order valence-electron chi connectivity index (χ2n) is 11.6. The van der Waals surface area contributed by atoms with Gasteiger partial charge in [-0.05, 0) is 96.8 Å². The van der Waals surface area contributed by atoms with Crippen LogP contribution in [0.2, 0.25) is 0 Å². The normalized spacial score (nSPS) is 15.3. The van der Waals surface area contributed by atoms with Crippen LogP contribution in [0.15, 0.2) is 121 Å². The molecule has 4 nitrogen and oxygen atoms in total. The number of allylic oxidation sites excluding steroid dienone is 6. The topological polar surface area (TPSA) is 36.9 Å². The first-order chi connectivity index (χ1) is 22.7. The fourth-order valence-electron chi connectivity index (χ4n) is 5.58. The maximum Gasteiger partial charge on any atom is 0.135 e. The molecule has 6 rings (SSSR count). The summed E-state index contributed by atoms with van der Waals surface area (Å²) in [5.74, 6) is 5.05. The molecule has 4 aromatic carbocycles. The van der Waals surface area contributed by atoms with E-state index in [1.54, 1.807) is 0 Å². The molecule has 0 bridgehead atoms. The summed E-state index contributed by atoms with van der Waals surface area (Å²) < 4.78 is 24.6. The van der Waals surface area contributed by atoms with E-state index in [9.17, 15) is 0 Å². The Morgan fingerprint density at radius 2 is 0.913 bits per heavy atom. The average molecular weight is 611 g/mol. The third-order valence-electron chi connectivity index (χ3n) is 8.16. The third-order valence-corrected chi connectivity index (χ3v) is 8.16. The molecule has 0 spiro atoms. The van der Waals surface area contributed by atoms with Crippen LogP contribution in [0, 0.1) is 0 Å². The molecule has 0 fully saturated rings. The summed E-state index contributed by atoms with van der Waals surface area (Å²) in [7, 11) is 0. The van der Waals surface area contributed by atoms with Gasteiger partial charge in [0.1, 0.15) is 34.5 Å². The Labute approximate surface area is 273 Å². The van der Waals surface area contributed by atoms with Crippen LogP contribution >= 0.6 is 0 Å². The monoisotopic (exact) mass is 610 g/mol. The van der Waals surface area contributed by atoms with Crippen LogP contribution in [-0.4, -0.2) is 13.2 Å². The lowest BCUT2D eigenvalue weighted by Gasteiger charge is -2.22. The van der Waals surface area contributed by atoms with E-state index in [1.807, 2.05) is 60.7 Å². The number of hydrogen-bond acceptors (Lipinski definition) is 4. The quantitative estimate of drug-likeness (QED) is 0.141. The molecule has 0 aliphatic carbocycles. The number of hydrogen-bond donors (Lipinski definition) is 0. The Morgan fingerprint density at radius 1 is 0.500 bits per heavy atom. The van der Waals surface area contributed by atoms with Gasteiger partial charge in [0.05, 0.1) is 13.2 Å². The van der Waals surface area contributed by atoms with Crippen LogP contribution < -0.4 is 18.9 Å². The van der Waals surface area contributed by atoms with E-state index < -0.39 is 0 Å².